The number of thiophene rings is 2. The van der Waals surface area contributed by atoms with E-state index < -0.39 is 0 Å². The molecule has 8 aromatic rings. The molecule has 10 rings (SSSR count). The quantitative estimate of drug-likeness (QED) is 0.179. The highest BCUT2D eigenvalue weighted by atomic mass is 32.1. The molecule has 0 bridgehead atoms. The van der Waals surface area contributed by atoms with Gasteiger partial charge in [-0.3, -0.25) is 0 Å². The smallest absolute Gasteiger partial charge is 0.0542 e. The third kappa shape index (κ3) is 3.49. The van der Waals surface area contributed by atoms with Crippen molar-refractivity contribution in [1.82, 2.24) is 0 Å². The largest absolute Gasteiger partial charge is 0.134 e. The van der Waals surface area contributed by atoms with E-state index in [-0.39, 0.29) is 10.8 Å². The first-order valence-corrected chi connectivity index (χ1v) is 17.8. The summed E-state index contributed by atoms with van der Waals surface area (Å²) >= 11 is 3.89. The van der Waals surface area contributed by atoms with E-state index in [2.05, 4.69) is 149 Å². The van der Waals surface area contributed by atoms with Crippen LogP contribution in [0.3, 0.4) is 0 Å². The zero-order valence-electron chi connectivity index (χ0n) is 26.4. The molecular weight excluding hydrogens is 593 g/mol. The second kappa shape index (κ2) is 9.06. The van der Waals surface area contributed by atoms with Gasteiger partial charge in [0.25, 0.3) is 0 Å². The van der Waals surface area contributed by atoms with Crippen LogP contribution in [0.25, 0.3) is 74.1 Å². The standard InChI is InChI=1S/C44H32S2/c1-43(2)35-11-7-5-9-29(35)31-17-13-25(21-37(31)43)27-15-19-33-39(23-27)45-42-34-20-16-28(24-40(34)46-41(33)42)26-14-18-32-30-10-6-8-12-36(30)44(3,4)38(32)22-26/h5-24H,1-4H3. The second-order valence-corrected chi connectivity index (χ2v) is 16.3. The molecule has 46 heavy (non-hydrogen) atoms. The van der Waals surface area contributed by atoms with Crippen LogP contribution in [0, 0.1) is 0 Å². The summed E-state index contributed by atoms with van der Waals surface area (Å²) in [5.41, 5.74) is 16.4. The van der Waals surface area contributed by atoms with E-state index in [0.29, 0.717) is 0 Å². The lowest BCUT2D eigenvalue weighted by atomic mass is 9.81. The molecule has 0 fully saturated rings. The van der Waals surface area contributed by atoms with E-state index in [0.717, 1.165) is 0 Å². The summed E-state index contributed by atoms with van der Waals surface area (Å²) in [6.07, 6.45) is 0. The molecule has 0 atom stereocenters. The van der Waals surface area contributed by atoms with Crippen LogP contribution in [0.2, 0.25) is 0 Å². The minimum atomic E-state index is 0.0103. The lowest BCUT2D eigenvalue weighted by Gasteiger charge is -2.22. The monoisotopic (exact) mass is 624 g/mol. The molecule has 2 aliphatic carbocycles. The molecule has 2 heteroatoms. The van der Waals surface area contributed by atoms with Gasteiger partial charge in [0.1, 0.15) is 0 Å². The summed E-state index contributed by atoms with van der Waals surface area (Å²) in [5, 5.41) is 2.75. The van der Waals surface area contributed by atoms with Crippen LogP contribution in [0.5, 0.6) is 0 Å². The Morgan fingerprint density at radius 2 is 0.739 bits per heavy atom. The average molecular weight is 625 g/mol. The van der Waals surface area contributed by atoms with Gasteiger partial charge in [-0.1, -0.05) is 125 Å². The molecule has 0 saturated carbocycles. The van der Waals surface area contributed by atoms with E-state index in [9.17, 15) is 0 Å². The fourth-order valence-corrected chi connectivity index (χ4v) is 11.1. The van der Waals surface area contributed by atoms with Crippen LogP contribution in [0.15, 0.2) is 121 Å². The number of hydrogen-bond donors (Lipinski definition) is 0. The summed E-state index contributed by atoms with van der Waals surface area (Å²) in [6.45, 7) is 9.44. The maximum Gasteiger partial charge on any atom is 0.0542 e. The molecule has 0 amide bonds. The van der Waals surface area contributed by atoms with Crippen LogP contribution < -0.4 is 0 Å². The van der Waals surface area contributed by atoms with Crippen molar-refractivity contribution in [3.8, 4) is 44.5 Å². The Kier molecular flexibility index (Phi) is 5.26. The van der Waals surface area contributed by atoms with E-state index >= 15 is 0 Å². The number of benzene rings is 6. The Bertz CT molecular complexity index is 2410. The number of fused-ring (bicyclic) bond motifs is 11. The molecular formula is C44H32S2. The SMILES string of the molecule is CC1(C)c2ccccc2-c2ccc(-c3ccc4c(c3)sc3c5ccc(-c6ccc7c(c6)C(C)(C)c6ccccc6-7)cc5sc43)cc21. The molecule has 0 spiro atoms. The molecule has 0 radical (unpaired) electrons. The predicted octanol–water partition coefficient (Wildman–Crippen LogP) is 13.2. The third-order valence-electron chi connectivity index (χ3n) is 10.9. The topological polar surface area (TPSA) is 0 Å². The summed E-state index contributed by atoms with van der Waals surface area (Å²) in [6, 6.07) is 46.1. The Morgan fingerprint density at radius 3 is 1.20 bits per heavy atom. The molecule has 6 aromatic carbocycles. The minimum Gasteiger partial charge on any atom is -0.134 e. The van der Waals surface area contributed by atoms with Crippen LogP contribution in [0.1, 0.15) is 49.9 Å². The van der Waals surface area contributed by atoms with E-state index in [1.165, 1.54) is 96.3 Å². The molecule has 2 aromatic heterocycles. The van der Waals surface area contributed by atoms with Crippen molar-refractivity contribution in [2.24, 2.45) is 0 Å². The third-order valence-corrected chi connectivity index (χ3v) is 13.4. The average Bonchev–Trinajstić information content (AvgIpc) is 3.75. The maximum atomic E-state index is 2.43. The Balaban J connectivity index is 1.03. The Morgan fingerprint density at radius 1 is 0.370 bits per heavy atom. The van der Waals surface area contributed by atoms with Gasteiger partial charge in [-0.15, -0.1) is 22.7 Å². The zero-order chi connectivity index (χ0) is 30.9. The summed E-state index contributed by atoms with van der Waals surface area (Å²) in [7, 11) is 0. The fourth-order valence-electron chi connectivity index (χ4n) is 8.38. The normalized spacial score (nSPS) is 15.3. The molecule has 0 N–H and O–H groups in total. The highest BCUT2D eigenvalue weighted by molar-refractivity contribution is 7.36. The van der Waals surface area contributed by atoms with Gasteiger partial charge in [0.15, 0.2) is 0 Å². The molecule has 2 heterocycles. The van der Waals surface area contributed by atoms with Gasteiger partial charge < -0.3 is 0 Å². The molecule has 2 aliphatic rings. The highest BCUT2D eigenvalue weighted by Crippen LogP contribution is 2.52. The molecule has 0 aliphatic heterocycles. The summed E-state index contributed by atoms with van der Waals surface area (Å²) in [4.78, 5) is 0. The lowest BCUT2D eigenvalue weighted by Crippen LogP contribution is -2.14. The fraction of sp³-hybridized carbons (Fsp3) is 0.136. The number of rotatable bonds is 2. The van der Waals surface area contributed by atoms with E-state index in [4.69, 9.17) is 0 Å². The highest BCUT2D eigenvalue weighted by Gasteiger charge is 2.36. The summed E-state index contributed by atoms with van der Waals surface area (Å²) in [5.74, 6) is 0. The van der Waals surface area contributed by atoms with Gasteiger partial charge >= 0.3 is 0 Å². The van der Waals surface area contributed by atoms with Crippen molar-refractivity contribution in [3.05, 3.63) is 144 Å². The first-order valence-electron chi connectivity index (χ1n) is 16.2. The molecule has 0 saturated heterocycles. The van der Waals surface area contributed by atoms with Crippen molar-refractivity contribution in [1.29, 1.82) is 0 Å². The van der Waals surface area contributed by atoms with E-state index in [1.54, 1.807) is 0 Å². The van der Waals surface area contributed by atoms with Gasteiger partial charge in [-0.25, -0.2) is 0 Å². The van der Waals surface area contributed by atoms with Crippen molar-refractivity contribution in [2.75, 3.05) is 0 Å². The van der Waals surface area contributed by atoms with Crippen molar-refractivity contribution < 1.29 is 0 Å². The summed E-state index contributed by atoms with van der Waals surface area (Å²) < 4.78 is 5.56. The van der Waals surface area contributed by atoms with Crippen LogP contribution >= 0.6 is 22.7 Å². The van der Waals surface area contributed by atoms with Gasteiger partial charge in [0.05, 0.1) is 9.40 Å². The van der Waals surface area contributed by atoms with E-state index in [1.807, 2.05) is 22.7 Å². The minimum absolute atomic E-state index is 0.0103. The van der Waals surface area contributed by atoms with Gasteiger partial charge in [-0.05, 0) is 91.0 Å². The van der Waals surface area contributed by atoms with Crippen molar-refractivity contribution in [2.45, 2.75) is 38.5 Å². The van der Waals surface area contributed by atoms with Crippen molar-refractivity contribution >= 4 is 52.2 Å². The molecule has 220 valence electrons. The molecule has 0 nitrogen and oxygen atoms in total. The van der Waals surface area contributed by atoms with Gasteiger partial charge in [0.2, 0.25) is 0 Å². The predicted molar refractivity (Wildman–Crippen MR) is 201 cm³/mol. The zero-order valence-corrected chi connectivity index (χ0v) is 28.0. The first kappa shape index (κ1) is 26.7. The maximum absolute atomic E-state index is 2.43. The van der Waals surface area contributed by atoms with Gasteiger partial charge in [0, 0.05) is 31.0 Å². The lowest BCUT2D eigenvalue weighted by molar-refractivity contribution is 0.660. The molecule has 0 unspecified atom stereocenters. The van der Waals surface area contributed by atoms with Crippen LogP contribution in [-0.4, -0.2) is 0 Å². The van der Waals surface area contributed by atoms with Crippen LogP contribution in [-0.2, 0) is 10.8 Å². The van der Waals surface area contributed by atoms with Crippen LogP contribution in [0.4, 0.5) is 0 Å². The first-order chi connectivity index (χ1) is 22.3. The second-order valence-electron chi connectivity index (χ2n) is 14.1. The Labute approximate surface area is 277 Å². The van der Waals surface area contributed by atoms with Gasteiger partial charge in [-0.2, -0.15) is 0 Å². The number of hydrogen-bond acceptors (Lipinski definition) is 2. The van der Waals surface area contributed by atoms with Crippen molar-refractivity contribution in [3.63, 3.8) is 0 Å². The Hall–Kier alpha value is -4.50.